The van der Waals surface area contributed by atoms with Gasteiger partial charge in [-0.2, -0.15) is 0 Å². The maximum atomic E-state index is 14.1. The predicted octanol–water partition coefficient (Wildman–Crippen LogP) is 4.55. The number of nitrogens with two attached hydrogens (primary N) is 1. The van der Waals surface area contributed by atoms with Crippen LogP contribution in [0.4, 0.5) is 8.78 Å². The molecule has 1 unspecified atom stereocenters. The van der Waals surface area contributed by atoms with Gasteiger partial charge in [0, 0.05) is 10.0 Å². The molecule has 0 radical (unpaired) electrons. The Balaban J connectivity index is 2.40. The summed E-state index contributed by atoms with van der Waals surface area (Å²) in [6.07, 6.45) is 0.107. The van der Waals surface area contributed by atoms with E-state index >= 15 is 0 Å². The fourth-order valence-electron chi connectivity index (χ4n) is 2.15. The van der Waals surface area contributed by atoms with Crippen molar-refractivity contribution in [2.75, 3.05) is 0 Å². The average Bonchev–Trinajstić information content (AvgIpc) is 2.46. The number of hydrogen-bond donors (Lipinski definition) is 2. The standard InChI is InChI=1S/C15H14Br2F2N2/c1-8-2-3-11(16)9(6-8)14(21-20)7-10-13(18)5-4-12(17)15(10)19/h2-6,14,21H,7,20H2,1H3. The molecule has 21 heavy (non-hydrogen) atoms. The Hall–Kier alpha value is -0.820. The Morgan fingerprint density at radius 1 is 1.14 bits per heavy atom. The van der Waals surface area contributed by atoms with Crippen molar-refractivity contribution in [3.8, 4) is 0 Å². The highest BCUT2D eigenvalue weighted by Gasteiger charge is 2.20. The highest BCUT2D eigenvalue weighted by Crippen LogP contribution is 2.30. The first kappa shape index (κ1) is 16.5. The Labute approximate surface area is 139 Å². The minimum absolute atomic E-state index is 0.000677. The molecule has 0 heterocycles. The van der Waals surface area contributed by atoms with Crippen LogP contribution in [-0.4, -0.2) is 0 Å². The molecule has 0 aliphatic carbocycles. The average molecular weight is 420 g/mol. The van der Waals surface area contributed by atoms with Gasteiger partial charge in [0.2, 0.25) is 0 Å². The summed E-state index contributed by atoms with van der Waals surface area (Å²) >= 11 is 6.52. The molecule has 0 fully saturated rings. The van der Waals surface area contributed by atoms with E-state index in [2.05, 4.69) is 37.3 Å². The van der Waals surface area contributed by atoms with Crippen LogP contribution in [0.1, 0.15) is 22.7 Å². The molecule has 0 aliphatic heterocycles. The minimum Gasteiger partial charge on any atom is -0.271 e. The van der Waals surface area contributed by atoms with Gasteiger partial charge in [0.1, 0.15) is 11.6 Å². The summed E-state index contributed by atoms with van der Waals surface area (Å²) < 4.78 is 29.0. The van der Waals surface area contributed by atoms with E-state index in [1.807, 2.05) is 25.1 Å². The van der Waals surface area contributed by atoms with Crippen molar-refractivity contribution in [2.45, 2.75) is 19.4 Å². The van der Waals surface area contributed by atoms with Crippen LogP contribution in [0, 0.1) is 18.6 Å². The van der Waals surface area contributed by atoms with Crippen LogP contribution in [0.15, 0.2) is 39.3 Å². The lowest BCUT2D eigenvalue weighted by molar-refractivity contribution is 0.497. The van der Waals surface area contributed by atoms with Crippen LogP contribution in [0.5, 0.6) is 0 Å². The van der Waals surface area contributed by atoms with Gasteiger partial charge >= 0.3 is 0 Å². The summed E-state index contributed by atoms with van der Waals surface area (Å²) in [5.41, 5.74) is 4.53. The normalized spacial score (nSPS) is 12.5. The van der Waals surface area contributed by atoms with Crippen molar-refractivity contribution in [1.29, 1.82) is 0 Å². The Morgan fingerprint density at radius 2 is 1.81 bits per heavy atom. The largest absolute Gasteiger partial charge is 0.271 e. The lowest BCUT2D eigenvalue weighted by Gasteiger charge is -2.19. The summed E-state index contributed by atoms with van der Waals surface area (Å²) in [4.78, 5) is 0. The smallest absolute Gasteiger partial charge is 0.143 e. The first-order chi connectivity index (χ1) is 9.93. The molecule has 0 bridgehead atoms. The van der Waals surface area contributed by atoms with Gasteiger partial charge in [0.15, 0.2) is 0 Å². The third kappa shape index (κ3) is 3.69. The molecule has 0 saturated heterocycles. The van der Waals surface area contributed by atoms with E-state index in [4.69, 9.17) is 5.84 Å². The SMILES string of the molecule is Cc1ccc(Br)c(C(Cc2c(F)ccc(Br)c2F)NN)c1. The predicted molar refractivity (Wildman–Crippen MR) is 86.7 cm³/mol. The quantitative estimate of drug-likeness (QED) is 0.433. The van der Waals surface area contributed by atoms with Gasteiger partial charge in [-0.3, -0.25) is 11.3 Å². The summed E-state index contributed by atoms with van der Waals surface area (Å²) in [6.45, 7) is 1.95. The zero-order valence-electron chi connectivity index (χ0n) is 11.3. The Morgan fingerprint density at radius 3 is 2.48 bits per heavy atom. The molecular weight excluding hydrogens is 406 g/mol. The topological polar surface area (TPSA) is 38.0 Å². The van der Waals surface area contributed by atoms with Crippen molar-refractivity contribution in [2.24, 2.45) is 5.84 Å². The second-order valence-electron chi connectivity index (χ2n) is 4.77. The van der Waals surface area contributed by atoms with Gasteiger partial charge in [-0.1, -0.05) is 33.6 Å². The highest BCUT2D eigenvalue weighted by molar-refractivity contribution is 9.10. The maximum Gasteiger partial charge on any atom is 0.143 e. The summed E-state index contributed by atoms with van der Waals surface area (Å²) in [5, 5.41) is 0. The fourth-order valence-corrected chi connectivity index (χ4v) is 3.04. The highest BCUT2D eigenvalue weighted by atomic mass is 79.9. The Bertz CT molecular complexity index is 662. The van der Waals surface area contributed by atoms with Crippen molar-refractivity contribution in [3.63, 3.8) is 0 Å². The van der Waals surface area contributed by atoms with Crippen LogP contribution < -0.4 is 11.3 Å². The minimum atomic E-state index is -0.598. The van der Waals surface area contributed by atoms with Gasteiger partial charge in [-0.05, 0) is 53.0 Å². The first-order valence-corrected chi connectivity index (χ1v) is 7.87. The van der Waals surface area contributed by atoms with E-state index in [1.165, 1.54) is 12.1 Å². The fraction of sp³-hybridized carbons (Fsp3) is 0.200. The molecule has 3 N–H and O–H groups in total. The van der Waals surface area contributed by atoms with Crippen LogP contribution >= 0.6 is 31.9 Å². The van der Waals surface area contributed by atoms with E-state index in [1.54, 1.807) is 0 Å². The van der Waals surface area contributed by atoms with Gasteiger partial charge < -0.3 is 0 Å². The first-order valence-electron chi connectivity index (χ1n) is 6.28. The number of halogens is 4. The van der Waals surface area contributed by atoms with Gasteiger partial charge in [-0.25, -0.2) is 8.78 Å². The van der Waals surface area contributed by atoms with Crippen LogP contribution in [0.3, 0.4) is 0 Å². The summed E-state index contributed by atoms with van der Waals surface area (Å²) in [6, 6.07) is 7.95. The van der Waals surface area contributed by atoms with Crippen LogP contribution in [0.25, 0.3) is 0 Å². The summed E-state index contributed by atoms with van der Waals surface area (Å²) in [5.74, 6) is 4.40. The monoisotopic (exact) mass is 418 g/mol. The third-order valence-corrected chi connectivity index (χ3v) is 4.61. The molecule has 0 amide bonds. The molecule has 1 atom stereocenters. The van der Waals surface area contributed by atoms with Crippen molar-refractivity contribution >= 4 is 31.9 Å². The van der Waals surface area contributed by atoms with Crippen LogP contribution in [0.2, 0.25) is 0 Å². The van der Waals surface area contributed by atoms with E-state index in [0.29, 0.717) is 0 Å². The number of rotatable bonds is 4. The summed E-state index contributed by atoms with van der Waals surface area (Å²) in [7, 11) is 0. The molecule has 0 aromatic heterocycles. The number of hydrazine groups is 1. The molecule has 2 rings (SSSR count). The molecule has 6 heteroatoms. The van der Waals surface area contributed by atoms with Crippen molar-refractivity contribution in [3.05, 3.63) is 67.6 Å². The molecule has 2 nitrogen and oxygen atoms in total. The number of hydrogen-bond acceptors (Lipinski definition) is 2. The lowest BCUT2D eigenvalue weighted by atomic mass is 9.97. The molecule has 0 saturated carbocycles. The molecule has 2 aromatic rings. The van der Waals surface area contributed by atoms with Gasteiger partial charge in [0.25, 0.3) is 0 Å². The number of aryl methyl sites for hydroxylation is 1. The second kappa shape index (κ2) is 6.96. The van der Waals surface area contributed by atoms with E-state index in [-0.39, 0.29) is 16.5 Å². The molecule has 0 spiro atoms. The number of nitrogens with one attached hydrogen (secondary N) is 1. The number of benzene rings is 2. The lowest BCUT2D eigenvalue weighted by Crippen LogP contribution is -2.30. The third-order valence-electron chi connectivity index (χ3n) is 3.28. The van der Waals surface area contributed by atoms with Crippen molar-refractivity contribution in [1.82, 2.24) is 5.43 Å². The van der Waals surface area contributed by atoms with E-state index in [0.717, 1.165) is 15.6 Å². The maximum absolute atomic E-state index is 14.1. The molecule has 2 aromatic carbocycles. The van der Waals surface area contributed by atoms with Crippen LogP contribution in [-0.2, 0) is 6.42 Å². The van der Waals surface area contributed by atoms with Gasteiger partial charge in [0.05, 0.1) is 10.5 Å². The van der Waals surface area contributed by atoms with E-state index < -0.39 is 17.7 Å². The molecule has 112 valence electrons. The van der Waals surface area contributed by atoms with Gasteiger partial charge in [-0.15, -0.1) is 0 Å². The van der Waals surface area contributed by atoms with Crippen molar-refractivity contribution < 1.29 is 8.78 Å². The van der Waals surface area contributed by atoms with E-state index in [9.17, 15) is 8.78 Å². The Kier molecular flexibility index (Phi) is 5.48. The molecular formula is C15H14Br2F2N2. The molecule has 0 aliphatic rings. The second-order valence-corrected chi connectivity index (χ2v) is 6.48. The zero-order chi connectivity index (χ0) is 15.6. The zero-order valence-corrected chi connectivity index (χ0v) is 14.4.